The summed E-state index contributed by atoms with van der Waals surface area (Å²) in [7, 11) is 0. The zero-order valence-corrected chi connectivity index (χ0v) is 14.8. The minimum atomic E-state index is -1.58. The smallest absolute Gasteiger partial charge is 0.170 e. The summed E-state index contributed by atoms with van der Waals surface area (Å²) in [6, 6.07) is 15.5. The van der Waals surface area contributed by atoms with E-state index < -0.39 is 5.60 Å². The predicted molar refractivity (Wildman–Crippen MR) is 99.2 cm³/mol. The van der Waals surface area contributed by atoms with Crippen LogP contribution in [0.15, 0.2) is 48.5 Å². The fourth-order valence-corrected chi connectivity index (χ4v) is 2.92. The van der Waals surface area contributed by atoms with Crippen LogP contribution < -0.4 is 0 Å². The molecule has 1 N–H and O–H groups in total. The van der Waals surface area contributed by atoms with Crippen molar-refractivity contribution in [2.24, 2.45) is 0 Å². The second-order valence-corrected chi connectivity index (χ2v) is 6.49. The van der Waals surface area contributed by atoms with Crippen molar-refractivity contribution in [3.63, 3.8) is 0 Å². The van der Waals surface area contributed by atoms with Crippen molar-refractivity contribution in [1.82, 2.24) is 0 Å². The Morgan fingerprint density at radius 1 is 0.792 bits per heavy atom. The Morgan fingerprint density at radius 3 is 1.46 bits per heavy atom. The Labute approximate surface area is 145 Å². The average Bonchev–Trinajstić information content (AvgIpc) is 2.65. The summed E-state index contributed by atoms with van der Waals surface area (Å²) in [5.74, 6) is 0. The summed E-state index contributed by atoms with van der Waals surface area (Å²) in [5, 5.41) is 10.9. The van der Waals surface area contributed by atoms with Crippen LogP contribution in [-0.4, -0.2) is 11.4 Å². The lowest BCUT2D eigenvalue weighted by molar-refractivity contribution is -0.121. The summed E-state index contributed by atoms with van der Waals surface area (Å²) in [5.41, 5.74) is 2.15. The molecule has 0 spiro atoms. The maximum atomic E-state index is 11.7. The second kappa shape index (κ2) is 8.79. The van der Waals surface area contributed by atoms with Gasteiger partial charge >= 0.3 is 0 Å². The molecule has 128 valence electrons. The van der Waals surface area contributed by atoms with Gasteiger partial charge in [0, 0.05) is 0 Å². The number of benzene rings is 2. The molecule has 2 rings (SSSR count). The molecule has 0 aliphatic rings. The van der Waals surface area contributed by atoms with E-state index in [1.807, 2.05) is 48.5 Å². The van der Waals surface area contributed by atoms with Gasteiger partial charge in [-0.2, -0.15) is 0 Å². The summed E-state index contributed by atoms with van der Waals surface area (Å²) in [6.07, 6.45) is 7.31. The molecule has 0 atom stereocenters. The number of aldehydes is 1. The van der Waals surface area contributed by atoms with Crippen LogP contribution in [0.5, 0.6) is 0 Å². The van der Waals surface area contributed by atoms with Crippen LogP contribution in [0.2, 0.25) is 0 Å². The van der Waals surface area contributed by atoms with Crippen LogP contribution in [0.4, 0.5) is 0 Å². The molecule has 2 heteroatoms. The Kier molecular flexibility index (Phi) is 6.74. The van der Waals surface area contributed by atoms with Gasteiger partial charge in [0.05, 0.1) is 0 Å². The highest BCUT2D eigenvalue weighted by Gasteiger charge is 2.31. The van der Waals surface area contributed by atoms with Gasteiger partial charge in [0.1, 0.15) is 0 Å². The first-order valence-electron chi connectivity index (χ1n) is 9.01. The molecule has 0 unspecified atom stereocenters. The fraction of sp³-hybridized carbons (Fsp3) is 0.409. The highest BCUT2D eigenvalue weighted by molar-refractivity contribution is 5.72. The van der Waals surface area contributed by atoms with Crippen molar-refractivity contribution in [3.8, 4) is 0 Å². The first-order chi connectivity index (χ1) is 11.6. The largest absolute Gasteiger partial charge is 0.373 e. The Bertz CT molecular complexity index is 575. The predicted octanol–water partition coefficient (Wildman–Crippen LogP) is 4.81. The molecule has 0 aliphatic heterocycles. The summed E-state index contributed by atoms with van der Waals surface area (Å²) in [6.45, 7) is 4.34. The van der Waals surface area contributed by atoms with Crippen molar-refractivity contribution in [2.45, 2.75) is 58.0 Å². The third-order valence-electron chi connectivity index (χ3n) is 4.60. The molecule has 0 heterocycles. The molecule has 2 aromatic carbocycles. The maximum absolute atomic E-state index is 11.7. The van der Waals surface area contributed by atoms with Crippen molar-refractivity contribution in [3.05, 3.63) is 70.8 Å². The van der Waals surface area contributed by atoms with Gasteiger partial charge in [0.2, 0.25) is 0 Å². The van der Waals surface area contributed by atoms with Crippen LogP contribution in [-0.2, 0) is 23.2 Å². The maximum Gasteiger partial charge on any atom is 0.170 e. The van der Waals surface area contributed by atoms with E-state index in [1.54, 1.807) is 0 Å². The highest BCUT2D eigenvalue weighted by Crippen LogP contribution is 2.28. The number of carbonyl (C=O) groups excluding carboxylic acids is 1. The second-order valence-electron chi connectivity index (χ2n) is 6.49. The van der Waals surface area contributed by atoms with Gasteiger partial charge in [0.15, 0.2) is 11.9 Å². The third-order valence-corrected chi connectivity index (χ3v) is 4.60. The van der Waals surface area contributed by atoms with Crippen LogP contribution >= 0.6 is 0 Å². The molecule has 0 saturated carbocycles. The van der Waals surface area contributed by atoms with Crippen LogP contribution in [0, 0.1) is 0 Å². The van der Waals surface area contributed by atoms with Gasteiger partial charge in [-0.25, -0.2) is 0 Å². The molecule has 0 radical (unpaired) electrons. The van der Waals surface area contributed by atoms with E-state index in [2.05, 4.69) is 13.8 Å². The van der Waals surface area contributed by atoms with Crippen LogP contribution in [0.1, 0.15) is 61.8 Å². The van der Waals surface area contributed by atoms with Crippen LogP contribution in [0.25, 0.3) is 0 Å². The number of unbranched alkanes of at least 4 members (excludes halogenated alkanes) is 2. The average molecular weight is 324 g/mol. The normalized spacial score (nSPS) is 11.5. The van der Waals surface area contributed by atoms with E-state index in [9.17, 15) is 9.90 Å². The van der Waals surface area contributed by atoms with E-state index in [-0.39, 0.29) is 0 Å². The Hall–Kier alpha value is -1.93. The van der Waals surface area contributed by atoms with Gasteiger partial charge < -0.3 is 5.11 Å². The number of hydrogen-bond acceptors (Lipinski definition) is 2. The lowest BCUT2D eigenvalue weighted by atomic mass is 9.86. The minimum absolute atomic E-state index is 0.624. The topological polar surface area (TPSA) is 37.3 Å². The highest BCUT2D eigenvalue weighted by atomic mass is 16.3. The molecular weight excluding hydrogens is 296 g/mol. The van der Waals surface area contributed by atoms with Crippen molar-refractivity contribution >= 4 is 6.29 Å². The van der Waals surface area contributed by atoms with Gasteiger partial charge in [-0.05, 0) is 47.9 Å². The molecule has 0 aromatic heterocycles. The Morgan fingerprint density at radius 2 is 1.17 bits per heavy atom. The summed E-state index contributed by atoms with van der Waals surface area (Å²) >= 11 is 0. The third kappa shape index (κ3) is 4.33. The first-order valence-corrected chi connectivity index (χ1v) is 9.01. The zero-order valence-electron chi connectivity index (χ0n) is 14.8. The quantitative estimate of drug-likeness (QED) is 0.672. The number of aliphatic hydroxyl groups is 1. The number of rotatable bonds is 9. The zero-order chi connectivity index (χ0) is 17.4. The number of hydrogen-bond donors (Lipinski definition) is 1. The molecule has 0 fully saturated rings. The van der Waals surface area contributed by atoms with Gasteiger partial charge in [0.25, 0.3) is 0 Å². The minimum Gasteiger partial charge on any atom is -0.373 e. The number of carbonyl (C=O) groups is 1. The molecule has 0 amide bonds. The van der Waals surface area contributed by atoms with E-state index in [0.717, 1.165) is 38.5 Å². The van der Waals surface area contributed by atoms with E-state index in [0.29, 0.717) is 17.4 Å². The monoisotopic (exact) mass is 324 g/mol. The van der Waals surface area contributed by atoms with Crippen molar-refractivity contribution < 1.29 is 9.90 Å². The summed E-state index contributed by atoms with van der Waals surface area (Å²) in [4.78, 5) is 11.7. The van der Waals surface area contributed by atoms with E-state index in [4.69, 9.17) is 0 Å². The SMILES string of the molecule is CCCCc1ccc(C(O)(C=O)c2ccc(CCCC)cc2)cc1. The number of aryl methyl sites for hydroxylation is 2. The van der Waals surface area contributed by atoms with Gasteiger partial charge in [-0.3, -0.25) is 4.79 Å². The molecule has 0 bridgehead atoms. The fourth-order valence-electron chi connectivity index (χ4n) is 2.92. The molecule has 24 heavy (non-hydrogen) atoms. The molecule has 2 aromatic rings. The van der Waals surface area contributed by atoms with E-state index >= 15 is 0 Å². The molecule has 2 nitrogen and oxygen atoms in total. The van der Waals surface area contributed by atoms with Crippen LogP contribution in [0.3, 0.4) is 0 Å². The van der Waals surface area contributed by atoms with E-state index in [1.165, 1.54) is 11.1 Å². The van der Waals surface area contributed by atoms with Gasteiger partial charge in [-0.15, -0.1) is 0 Å². The van der Waals surface area contributed by atoms with Gasteiger partial charge in [-0.1, -0.05) is 75.2 Å². The molecule has 0 aliphatic carbocycles. The van der Waals surface area contributed by atoms with Crippen molar-refractivity contribution in [2.75, 3.05) is 0 Å². The Balaban J connectivity index is 2.22. The van der Waals surface area contributed by atoms with Crippen molar-refractivity contribution in [1.29, 1.82) is 0 Å². The lowest BCUT2D eigenvalue weighted by Gasteiger charge is -2.23. The molecular formula is C22H28O2. The summed E-state index contributed by atoms with van der Waals surface area (Å²) < 4.78 is 0. The standard InChI is InChI=1S/C22H28O2/c1-3-5-7-18-9-13-20(14-10-18)22(24,17-23)21-15-11-19(12-16-21)8-6-4-2/h9-17,24H,3-8H2,1-2H3. The first kappa shape index (κ1) is 18.4. The lowest BCUT2D eigenvalue weighted by Crippen LogP contribution is -2.29. The molecule has 0 saturated heterocycles.